The molecule has 1 aromatic heterocycles. The first-order valence-electron chi connectivity index (χ1n) is 4.48. The summed E-state index contributed by atoms with van der Waals surface area (Å²) in [4.78, 5) is 0. The van der Waals surface area contributed by atoms with Crippen LogP contribution < -0.4 is 4.57 Å². The number of rotatable bonds is 3. The van der Waals surface area contributed by atoms with Crippen LogP contribution in [0.3, 0.4) is 0 Å². The number of nitrogens with zero attached hydrogens (tertiary/aromatic N) is 1. The first kappa shape index (κ1) is 13.8. The second-order valence-corrected chi connectivity index (χ2v) is 4.17. The van der Waals surface area contributed by atoms with Gasteiger partial charge in [0.25, 0.3) is 0 Å². The third-order valence-corrected chi connectivity index (χ3v) is 2.11. The number of aromatic nitrogens is 1. The Labute approximate surface area is 90.6 Å². The van der Waals surface area contributed by atoms with Crippen molar-refractivity contribution in [2.45, 2.75) is 13.5 Å². The lowest BCUT2D eigenvalue weighted by Crippen LogP contribution is -2.30. The van der Waals surface area contributed by atoms with E-state index in [1.54, 1.807) is 0 Å². The highest BCUT2D eigenvalue weighted by atomic mass is 32.2. The first-order valence-corrected chi connectivity index (χ1v) is 6.06. The summed E-state index contributed by atoms with van der Waals surface area (Å²) >= 11 is 0. The highest BCUT2D eigenvalue weighted by Gasteiger charge is 1.86. The molecule has 0 bridgehead atoms. The van der Waals surface area contributed by atoms with Crippen molar-refractivity contribution in [3.05, 3.63) is 43.2 Å². The van der Waals surface area contributed by atoms with E-state index in [1.165, 1.54) is 0 Å². The third-order valence-electron chi connectivity index (χ3n) is 1.46. The minimum atomic E-state index is -4.04. The van der Waals surface area contributed by atoms with Gasteiger partial charge in [-0.25, -0.2) is 13.0 Å². The quantitative estimate of drug-likeness (QED) is 0.436. The van der Waals surface area contributed by atoms with E-state index in [4.69, 9.17) is 0 Å². The van der Waals surface area contributed by atoms with Gasteiger partial charge in [0.15, 0.2) is 12.4 Å². The van der Waals surface area contributed by atoms with Crippen molar-refractivity contribution in [3.63, 3.8) is 0 Å². The Kier molecular flexibility index (Phi) is 6.57. The number of hydrogen-bond donors (Lipinski definition) is 0. The van der Waals surface area contributed by atoms with Crippen LogP contribution in [0.5, 0.6) is 0 Å². The Balaban J connectivity index is 0.000000265. The van der Waals surface area contributed by atoms with Gasteiger partial charge in [-0.1, -0.05) is 12.1 Å². The van der Waals surface area contributed by atoms with E-state index in [0.717, 1.165) is 12.6 Å². The largest absolute Gasteiger partial charge is 0.748 e. The van der Waals surface area contributed by atoms with Crippen LogP contribution in [-0.4, -0.2) is 18.7 Å². The molecule has 0 radical (unpaired) electrons. The molecule has 0 unspecified atom stereocenters. The lowest BCUT2D eigenvalue weighted by molar-refractivity contribution is -0.693. The minimum absolute atomic E-state index is 0.479. The van der Waals surface area contributed by atoms with Crippen LogP contribution in [0, 0.1) is 0 Å². The first-order chi connectivity index (χ1) is 6.99. The summed E-state index contributed by atoms with van der Waals surface area (Å²) in [7, 11) is -4.04. The summed E-state index contributed by atoms with van der Waals surface area (Å²) in [6.45, 7) is 6.25. The van der Waals surface area contributed by atoms with Gasteiger partial charge in [0.05, 0.1) is 15.9 Å². The van der Waals surface area contributed by atoms with Crippen LogP contribution in [0.25, 0.3) is 0 Å². The Bertz CT molecular complexity index is 373. The van der Waals surface area contributed by atoms with Crippen molar-refractivity contribution in [1.82, 2.24) is 0 Å². The van der Waals surface area contributed by atoms with Crippen molar-refractivity contribution in [3.8, 4) is 0 Å². The van der Waals surface area contributed by atoms with Crippen molar-refractivity contribution in [2.24, 2.45) is 0 Å². The Morgan fingerprint density at radius 3 is 2.07 bits per heavy atom. The number of aryl methyl sites for hydroxylation is 1. The van der Waals surface area contributed by atoms with Crippen LogP contribution in [0.15, 0.2) is 43.2 Å². The van der Waals surface area contributed by atoms with Crippen molar-refractivity contribution in [1.29, 1.82) is 0 Å². The molecule has 1 heterocycles. The highest BCUT2D eigenvalue weighted by molar-refractivity contribution is 7.85. The molecule has 0 spiro atoms. The van der Waals surface area contributed by atoms with E-state index in [-0.39, 0.29) is 0 Å². The zero-order valence-corrected chi connectivity index (χ0v) is 9.48. The predicted octanol–water partition coefficient (Wildman–Crippen LogP) is 0.712. The summed E-state index contributed by atoms with van der Waals surface area (Å²) in [5.41, 5.74) is 0. The maximum atomic E-state index is 9.60. The van der Waals surface area contributed by atoms with Gasteiger partial charge in [0.2, 0.25) is 0 Å². The average Bonchev–Trinajstić information content (AvgIpc) is 2.18. The molecular weight excluding hydrogens is 214 g/mol. The van der Waals surface area contributed by atoms with E-state index < -0.39 is 15.9 Å². The van der Waals surface area contributed by atoms with Gasteiger partial charge in [-0.15, -0.1) is 6.58 Å². The fraction of sp³-hybridized carbons (Fsp3) is 0.300. The Morgan fingerprint density at radius 1 is 1.33 bits per heavy atom. The maximum absolute atomic E-state index is 9.60. The summed E-state index contributed by atoms with van der Waals surface area (Å²) in [6, 6.07) is 6.08. The molecule has 0 fully saturated rings. The van der Waals surface area contributed by atoms with Gasteiger partial charge in [-0.05, 0) is 6.92 Å². The zero-order valence-electron chi connectivity index (χ0n) is 8.67. The summed E-state index contributed by atoms with van der Waals surface area (Å²) < 4.78 is 30.9. The molecule has 0 aliphatic carbocycles. The van der Waals surface area contributed by atoms with E-state index in [1.807, 2.05) is 18.2 Å². The summed E-state index contributed by atoms with van der Waals surface area (Å²) in [5.74, 6) is -0.479. The molecule has 0 saturated carbocycles. The maximum Gasteiger partial charge on any atom is 0.168 e. The third kappa shape index (κ3) is 9.11. The van der Waals surface area contributed by atoms with Gasteiger partial charge in [0, 0.05) is 12.1 Å². The molecule has 0 amide bonds. The van der Waals surface area contributed by atoms with Crippen LogP contribution in [0.2, 0.25) is 0 Å². The van der Waals surface area contributed by atoms with E-state index in [0.29, 0.717) is 0 Å². The van der Waals surface area contributed by atoms with Crippen LogP contribution in [0.4, 0.5) is 0 Å². The van der Waals surface area contributed by atoms with Gasteiger partial charge < -0.3 is 4.55 Å². The molecule has 0 aliphatic rings. The van der Waals surface area contributed by atoms with Gasteiger partial charge >= 0.3 is 0 Å². The zero-order chi connectivity index (χ0) is 11.7. The molecule has 84 valence electrons. The van der Waals surface area contributed by atoms with Gasteiger partial charge in [-0.2, -0.15) is 0 Å². The molecule has 0 saturated heterocycles. The molecule has 4 nitrogen and oxygen atoms in total. The molecule has 15 heavy (non-hydrogen) atoms. The molecular formula is C10H15NO3S. The molecule has 5 heteroatoms. The number of pyridine rings is 1. The second-order valence-electron chi connectivity index (χ2n) is 2.72. The van der Waals surface area contributed by atoms with Crippen molar-refractivity contribution >= 4 is 10.1 Å². The number of hydrogen-bond acceptors (Lipinski definition) is 3. The Hall–Kier alpha value is -1.20. The molecule has 0 aromatic carbocycles. The molecule has 0 N–H and O–H groups in total. The summed E-state index contributed by atoms with van der Waals surface area (Å²) in [6.07, 6.45) is 5.17. The molecule has 1 rings (SSSR count). The lowest BCUT2D eigenvalue weighted by atomic mass is 10.5. The summed E-state index contributed by atoms with van der Waals surface area (Å²) in [5, 5.41) is 0. The topological polar surface area (TPSA) is 61.1 Å². The lowest BCUT2D eigenvalue weighted by Gasteiger charge is -1.98. The molecule has 0 aliphatic heterocycles. The van der Waals surface area contributed by atoms with E-state index >= 15 is 0 Å². The monoisotopic (exact) mass is 229 g/mol. The normalized spacial score (nSPS) is 10.0. The minimum Gasteiger partial charge on any atom is -0.748 e. The van der Waals surface area contributed by atoms with Crippen molar-refractivity contribution in [2.75, 3.05) is 5.75 Å². The smallest absolute Gasteiger partial charge is 0.168 e. The van der Waals surface area contributed by atoms with Crippen LogP contribution >= 0.6 is 0 Å². The molecule has 1 aromatic rings. The van der Waals surface area contributed by atoms with Crippen LogP contribution in [0.1, 0.15) is 6.92 Å². The van der Waals surface area contributed by atoms with E-state index in [9.17, 15) is 13.0 Å². The second kappa shape index (κ2) is 7.14. The average molecular weight is 229 g/mol. The SMILES string of the molecule is C=CCS(=O)(=O)[O-].CC[n+]1ccccc1. The Morgan fingerprint density at radius 2 is 1.87 bits per heavy atom. The van der Waals surface area contributed by atoms with Gasteiger partial charge in [-0.3, -0.25) is 0 Å². The molecule has 0 atom stereocenters. The highest BCUT2D eigenvalue weighted by Crippen LogP contribution is 1.78. The van der Waals surface area contributed by atoms with Gasteiger partial charge in [0.1, 0.15) is 6.54 Å². The predicted molar refractivity (Wildman–Crippen MR) is 57.1 cm³/mol. The fourth-order valence-corrected chi connectivity index (χ4v) is 1.08. The van der Waals surface area contributed by atoms with Crippen LogP contribution in [-0.2, 0) is 16.7 Å². The standard InChI is InChI=1S/C7H10N.C3H6O3S/c1-2-8-6-4-3-5-7-8;1-2-3-7(4,5)6/h3-7H,2H2,1H3;2H,1,3H2,(H,4,5,6)/q+1;/p-1. The fourth-order valence-electron chi connectivity index (χ4n) is 0.789. The van der Waals surface area contributed by atoms with Crippen molar-refractivity contribution < 1.29 is 17.5 Å². The van der Waals surface area contributed by atoms with E-state index in [2.05, 4.69) is 30.5 Å².